The maximum absolute atomic E-state index is 12.2. The van der Waals surface area contributed by atoms with Crippen molar-refractivity contribution in [3.05, 3.63) is 33.8 Å². The second-order valence-electron chi connectivity index (χ2n) is 6.69. The lowest BCUT2D eigenvalue weighted by Crippen LogP contribution is -2.43. The number of nitrogens with zero attached hydrogens (tertiary/aromatic N) is 1. The molecular weight excluding hydrogens is 390 g/mol. The summed E-state index contributed by atoms with van der Waals surface area (Å²) in [5.41, 5.74) is 1.68. The van der Waals surface area contributed by atoms with Gasteiger partial charge in [0.05, 0.1) is 32.3 Å². The molecule has 2 heterocycles. The molecule has 1 aromatic rings. The first-order valence-corrected chi connectivity index (χ1v) is 9.06. The van der Waals surface area contributed by atoms with Gasteiger partial charge in [-0.05, 0) is 18.1 Å². The molecule has 0 bridgehead atoms. The summed E-state index contributed by atoms with van der Waals surface area (Å²) in [6.07, 6.45) is 4.06. The molecule has 1 aliphatic carbocycles. The van der Waals surface area contributed by atoms with Gasteiger partial charge in [0.15, 0.2) is 11.5 Å². The van der Waals surface area contributed by atoms with Crippen LogP contribution in [-0.4, -0.2) is 49.1 Å². The number of carbonyl (C=O) groups is 1. The highest BCUT2D eigenvalue weighted by Gasteiger charge is 2.53. The van der Waals surface area contributed by atoms with Crippen molar-refractivity contribution in [3.63, 3.8) is 0 Å². The molecule has 6 nitrogen and oxygen atoms in total. The van der Waals surface area contributed by atoms with E-state index in [0.29, 0.717) is 31.7 Å². The average molecular weight is 410 g/mol. The molecule has 0 fully saturated rings. The zero-order chi connectivity index (χ0) is 17.8. The van der Waals surface area contributed by atoms with Crippen LogP contribution in [-0.2, 0) is 16.7 Å². The SMILES string of the molecule is COC(=O)N1CCC23C=CC(O)CC2Oc2c(OC)cc(Br)c(c23)C1. The molecule has 3 atom stereocenters. The first kappa shape index (κ1) is 16.7. The molecule has 1 spiro atoms. The largest absolute Gasteiger partial charge is 0.493 e. The van der Waals surface area contributed by atoms with Gasteiger partial charge in [-0.3, -0.25) is 0 Å². The Labute approximate surface area is 154 Å². The van der Waals surface area contributed by atoms with Gasteiger partial charge in [-0.25, -0.2) is 4.79 Å². The number of rotatable bonds is 1. The van der Waals surface area contributed by atoms with Gasteiger partial charge in [-0.1, -0.05) is 28.1 Å². The van der Waals surface area contributed by atoms with Gasteiger partial charge in [0.25, 0.3) is 0 Å². The van der Waals surface area contributed by atoms with Gasteiger partial charge in [-0.15, -0.1) is 0 Å². The van der Waals surface area contributed by atoms with Crippen molar-refractivity contribution in [3.8, 4) is 11.5 Å². The fraction of sp³-hybridized carbons (Fsp3) is 0.500. The minimum atomic E-state index is -0.525. The molecule has 3 unspecified atom stereocenters. The second kappa shape index (κ2) is 5.92. The van der Waals surface area contributed by atoms with Crippen LogP contribution >= 0.6 is 15.9 Å². The van der Waals surface area contributed by atoms with Crippen molar-refractivity contribution in [2.75, 3.05) is 20.8 Å². The van der Waals surface area contributed by atoms with E-state index in [1.54, 1.807) is 12.0 Å². The minimum Gasteiger partial charge on any atom is -0.493 e. The third kappa shape index (κ3) is 2.36. The van der Waals surface area contributed by atoms with Gasteiger partial charge < -0.3 is 24.2 Å². The van der Waals surface area contributed by atoms with Gasteiger partial charge in [-0.2, -0.15) is 0 Å². The summed E-state index contributed by atoms with van der Waals surface area (Å²) in [5, 5.41) is 10.1. The Bertz CT molecular complexity index is 764. The maximum atomic E-state index is 12.2. The van der Waals surface area contributed by atoms with Crippen LogP contribution in [0, 0.1) is 0 Å². The number of benzene rings is 1. The molecule has 0 radical (unpaired) electrons. The highest BCUT2D eigenvalue weighted by Crippen LogP contribution is 2.57. The smallest absolute Gasteiger partial charge is 0.409 e. The maximum Gasteiger partial charge on any atom is 0.409 e. The molecule has 1 N–H and O–H groups in total. The number of ether oxygens (including phenoxy) is 3. The van der Waals surface area contributed by atoms with Gasteiger partial charge in [0.2, 0.25) is 0 Å². The van der Waals surface area contributed by atoms with E-state index < -0.39 is 6.10 Å². The first-order chi connectivity index (χ1) is 12.0. The first-order valence-electron chi connectivity index (χ1n) is 8.27. The lowest BCUT2D eigenvalue weighted by Gasteiger charge is -2.35. The van der Waals surface area contributed by atoms with Gasteiger partial charge in [0.1, 0.15) is 6.10 Å². The van der Waals surface area contributed by atoms with E-state index in [2.05, 4.69) is 15.9 Å². The molecule has 0 saturated carbocycles. The molecule has 0 saturated heterocycles. The quantitative estimate of drug-likeness (QED) is 0.722. The number of carbonyl (C=O) groups excluding carboxylic acids is 1. The Morgan fingerprint density at radius 1 is 1.48 bits per heavy atom. The number of halogens is 1. The summed E-state index contributed by atoms with van der Waals surface area (Å²) in [7, 11) is 3.01. The Kier molecular flexibility index (Phi) is 3.96. The average Bonchev–Trinajstić information content (AvgIpc) is 2.82. The lowest BCUT2D eigenvalue weighted by atomic mass is 9.69. The molecule has 7 heteroatoms. The van der Waals surface area contributed by atoms with Crippen LogP contribution < -0.4 is 9.47 Å². The van der Waals surface area contributed by atoms with Crippen molar-refractivity contribution in [2.24, 2.45) is 0 Å². The van der Waals surface area contributed by atoms with Crippen LogP contribution in [0.4, 0.5) is 4.79 Å². The molecule has 1 amide bonds. The number of aliphatic hydroxyl groups excluding tert-OH is 1. The highest BCUT2D eigenvalue weighted by atomic mass is 79.9. The van der Waals surface area contributed by atoms with Crippen LogP contribution in [0.15, 0.2) is 22.7 Å². The molecular formula is C18H20BrNO5. The molecule has 1 aromatic carbocycles. The summed E-state index contributed by atoms with van der Waals surface area (Å²) in [5.74, 6) is 1.38. The Balaban J connectivity index is 1.93. The summed E-state index contributed by atoms with van der Waals surface area (Å²) in [4.78, 5) is 13.9. The van der Waals surface area contributed by atoms with Crippen molar-refractivity contribution in [1.82, 2.24) is 4.90 Å². The van der Waals surface area contributed by atoms with Crippen LogP contribution in [0.5, 0.6) is 11.5 Å². The van der Waals surface area contributed by atoms with Crippen molar-refractivity contribution < 1.29 is 24.1 Å². The molecule has 134 valence electrons. The van der Waals surface area contributed by atoms with Gasteiger partial charge >= 0.3 is 6.09 Å². The van der Waals surface area contributed by atoms with Crippen LogP contribution in [0.25, 0.3) is 0 Å². The van der Waals surface area contributed by atoms with Crippen molar-refractivity contribution in [1.29, 1.82) is 0 Å². The summed E-state index contributed by atoms with van der Waals surface area (Å²) in [6.45, 7) is 0.990. The van der Waals surface area contributed by atoms with Gasteiger partial charge in [0, 0.05) is 23.0 Å². The summed E-state index contributed by atoms with van der Waals surface area (Å²) < 4.78 is 17.6. The molecule has 3 aliphatic rings. The predicted molar refractivity (Wildman–Crippen MR) is 94.0 cm³/mol. The van der Waals surface area contributed by atoms with E-state index in [-0.39, 0.29) is 17.6 Å². The standard InChI is InChI=1S/C18H20BrNO5/c1-23-13-8-12(19)11-9-20(17(22)24-2)6-5-18-4-3-10(21)7-14(18)25-16(13)15(11)18/h3-4,8,10,14,21H,5-7,9H2,1-2H3. The number of hydrogen-bond donors (Lipinski definition) is 1. The number of aliphatic hydroxyl groups is 1. The van der Waals surface area contributed by atoms with Crippen LogP contribution in [0.2, 0.25) is 0 Å². The third-order valence-corrected chi connectivity index (χ3v) is 6.17. The Morgan fingerprint density at radius 2 is 2.28 bits per heavy atom. The fourth-order valence-electron chi connectivity index (χ4n) is 4.25. The van der Waals surface area contributed by atoms with E-state index in [1.807, 2.05) is 18.2 Å². The number of amides is 1. The highest BCUT2D eigenvalue weighted by molar-refractivity contribution is 9.10. The summed E-state index contributed by atoms with van der Waals surface area (Å²) in [6, 6.07) is 1.88. The Hall–Kier alpha value is -1.73. The van der Waals surface area contributed by atoms with E-state index in [1.165, 1.54) is 7.11 Å². The zero-order valence-electron chi connectivity index (χ0n) is 14.1. The summed E-state index contributed by atoms with van der Waals surface area (Å²) >= 11 is 3.63. The topological polar surface area (TPSA) is 68.2 Å². The van der Waals surface area contributed by atoms with E-state index in [9.17, 15) is 9.90 Å². The Morgan fingerprint density at radius 3 is 3.00 bits per heavy atom. The monoisotopic (exact) mass is 409 g/mol. The van der Waals surface area contributed by atoms with Crippen molar-refractivity contribution >= 4 is 22.0 Å². The molecule has 25 heavy (non-hydrogen) atoms. The van der Waals surface area contributed by atoms with Crippen LogP contribution in [0.1, 0.15) is 24.0 Å². The van der Waals surface area contributed by atoms with E-state index in [4.69, 9.17) is 14.2 Å². The fourth-order valence-corrected chi connectivity index (χ4v) is 4.78. The molecule has 2 aliphatic heterocycles. The van der Waals surface area contributed by atoms with E-state index in [0.717, 1.165) is 21.3 Å². The number of hydrogen-bond acceptors (Lipinski definition) is 5. The second-order valence-corrected chi connectivity index (χ2v) is 7.55. The minimum absolute atomic E-state index is 0.179. The number of methoxy groups -OCH3 is 2. The van der Waals surface area contributed by atoms with Crippen molar-refractivity contribution in [2.45, 2.75) is 37.0 Å². The lowest BCUT2D eigenvalue weighted by molar-refractivity contribution is 0.0781. The normalized spacial score (nSPS) is 29.4. The molecule has 0 aromatic heterocycles. The third-order valence-electron chi connectivity index (χ3n) is 5.47. The van der Waals surface area contributed by atoms with E-state index >= 15 is 0 Å². The molecule has 4 rings (SSSR count). The predicted octanol–water partition coefficient (Wildman–Crippen LogP) is 2.75. The zero-order valence-corrected chi connectivity index (χ0v) is 15.7. The van der Waals surface area contributed by atoms with Crippen LogP contribution in [0.3, 0.4) is 0 Å².